The fraction of sp³-hybridized carbons (Fsp3) is 0.154. The molecule has 1 aromatic rings. The van der Waals surface area contributed by atoms with Crippen LogP contribution < -0.4 is 0 Å². The van der Waals surface area contributed by atoms with Crippen molar-refractivity contribution in [2.45, 2.75) is 0 Å². The lowest BCUT2D eigenvalue weighted by Crippen LogP contribution is -2.28. The molecule has 1 N–H and O–H groups in total. The number of carbonyl (C=O) groups excluding carboxylic acids is 1. The van der Waals surface area contributed by atoms with Crippen LogP contribution in [-0.2, 0) is 9.63 Å². The molecule has 0 saturated heterocycles. The number of amides is 1. The number of phenolic OH excluding ortho intramolecular Hbond substituents is 1. The molecule has 0 unspecified atom stereocenters. The van der Waals surface area contributed by atoms with Gasteiger partial charge in [-0.3, -0.25) is 9.69 Å². The number of likely N-dealkylation sites (N-methyl/N-ethyl adjacent to an activating group) is 1. The predicted octanol–water partition coefficient (Wildman–Crippen LogP) is 1.51. The van der Waals surface area contributed by atoms with E-state index in [4.69, 9.17) is 5.11 Å². The Morgan fingerprint density at radius 3 is 2.57 bits per heavy atom. The molecule has 1 amide bonds. The number of hydrogen-bond acceptors (Lipinski definition) is 5. The highest BCUT2D eigenvalue weighted by atomic mass is 19.1. The van der Waals surface area contributed by atoms with Crippen molar-refractivity contribution in [1.82, 2.24) is 4.90 Å². The zero-order chi connectivity index (χ0) is 15.6. The Labute approximate surface area is 118 Å². The van der Waals surface area contributed by atoms with Crippen LogP contribution in [0.3, 0.4) is 0 Å². The van der Waals surface area contributed by atoms with E-state index in [1.807, 2.05) is 0 Å². The standard InChI is InChI=1S/C13H11F2N3O3/c1-18-11(6-16-21-2)17-10(13(18)20)5-7-3-8(14)12(19)9(15)4-7/h3-6,19H,1-2H3/b10-5+,16-6?. The summed E-state index contributed by atoms with van der Waals surface area (Å²) >= 11 is 0. The van der Waals surface area contributed by atoms with E-state index in [9.17, 15) is 13.6 Å². The van der Waals surface area contributed by atoms with Gasteiger partial charge in [-0.2, -0.15) is 0 Å². The van der Waals surface area contributed by atoms with Crippen LogP contribution in [0.1, 0.15) is 5.56 Å². The van der Waals surface area contributed by atoms with E-state index in [0.29, 0.717) is 0 Å². The second kappa shape index (κ2) is 5.70. The van der Waals surface area contributed by atoms with E-state index < -0.39 is 23.3 Å². The zero-order valence-electron chi connectivity index (χ0n) is 11.2. The minimum Gasteiger partial charge on any atom is -0.503 e. The Morgan fingerprint density at radius 2 is 2.00 bits per heavy atom. The van der Waals surface area contributed by atoms with Crippen LogP contribution in [0.25, 0.3) is 6.08 Å². The molecule has 0 atom stereocenters. The monoisotopic (exact) mass is 295 g/mol. The highest BCUT2D eigenvalue weighted by molar-refractivity contribution is 6.37. The summed E-state index contributed by atoms with van der Waals surface area (Å²) in [6.07, 6.45) is 2.44. The fourth-order valence-corrected chi connectivity index (χ4v) is 1.66. The summed E-state index contributed by atoms with van der Waals surface area (Å²) in [5.74, 6) is -3.53. The summed E-state index contributed by atoms with van der Waals surface area (Å²) < 4.78 is 26.5. The molecule has 1 aliphatic heterocycles. The number of aliphatic imine (C=N–C) groups is 1. The third kappa shape index (κ3) is 2.88. The van der Waals surface area contributed by atoms with E-state index >= 15 is 0 Å². The van der Waals surface area contributed by atoms with Crippen molar-refractivity contribution in [1.29, 1.82) is 0 Å². The third-order valence-electron chi connectivity index (χ3n) is 2.72. The zero-order valence-corrected chi connectivity index (χ0v) is 11.2. The normalized spacial score (nSPS) is 17.0. The Morgan fingerprint density at radius 1 is 1.38 bits per heavy atom. The van der Waals surface area contributed by atoms with Gasteiger partial charge < -0.3 is 9.94 Å². The van der Waals surface area contributed by atoms with Crippen molar-refractivity contribution < 1.29 is 23.5 Å². The molecule has 1 aliphatic rings. The maximum atomic E-state index is 13.2. The summed E-state index contributed by atoms with van der Waals surface area (Å²) in [6, 6.07) is 1.80. The SMILES string of the molecule is CON=CC1=N/C(=C/c2cc(F)c(O)c(F)c2)C(=O)N1C. The van der Waals surface area contributed by atoms with Crippen LogP contribution in [0.4, 0.5) is 8.78 Å². The topological polar surface area (TPSA) is 74.5 Å². The van der Waals surface area contributed by atoms with Crippen molar-refractivity contribution in [2.24, 2.45) is 10.1 Å². The first-order chi connectivity index (χ1) is 9.93. The van der Waals surface area contributed by atoms with E-state index in [1.54, 1.807) is 0 Å². The van der Waals surface area contributed by atoms with Crippen molar-refractivity contribution in [3.8, 4) is 5.75 Å². The van der Waals surface area contributed by atoms with Gasteiger partial charge in [0.15, 0.2) is 23.2 Å². The highest BCUT2D eigenvalue weighted by Gasteiger charge is 2.26. The summed E-state index contributed by atoms with van der Waals surface area (Å²) in [5.41, 5.74) is 0.0489. The molecular formula is C13H11F2N3O3. The second-order valence-corrected chi connectivity index (χ2v) is 4.11. The van der Waals surface area contributed by atoms with Crippen LogP contribution in [-0.4, -0.2) is 42.1 Å². The first kappa shape index (κ1) is 14.6. The van der Waals surface area contributed by atoms with Crippen LogP contribution in [0.5, 0.6) is 5.75 Å². The Bertz CT molecular complexity index is 660. The van der Waals surface area contributed by atoms with Crippen molar-refractivity contribution >= 4 is 24.0 Å². The number of aromatic hydroxyl groups is 1. The van der Waals surface area contributed by atoms with Crippen molar-refractivity contribution in [2.75, 3.05) is 14.2 Å². The van der Waals surface area contributed by atoms with Gasteiger partial charge in [0, 0.05) is 7.05 Å². The molecule has 8 heteroatoms. The molecule has 110 valence electrons. The van der Waals surface area contributed by atoms with Gasteiger partial charge in [-0.15, -0.1) is 0 Å². The highest BCUT2D eigenvalue weighted by Crippen LogP contribution is 2.24. The molecule has 0 aliphatic carbocycles. The number of nitrogens with zero attached hydrogens (tertiary/aromatic N) is 3. The number of amidine groups is 1. The molecule has 0 spiro atoms. The number of benzene rings is 1. The van der Waals surface area contributed by atoms with Gasteiger partial charge in [0.2, 0.25) is 0 Å². The minimum absolute atomic E-state index is 0.0143. The number of phenols is 1. The second-order valence-electron chi connectivity index (χ2n) is 4.11. The van der Waals surface area contributed by atoms with E-state index in [0.717, 1.165) is 12.1 Å². The van der Waals surface area contributed by atoms with E-state index in [2.05, 4.69) is 15.0 Å². The maximum absolute atomic E-state index is 13.2. The van der Waals surface area contributed by atoms with Crippen LogP contribution >= 0.6 is 0 Å². The molecule has 6 nitrogen and oxygen atoms in total. The first-order valence-corrected chi connectivity index (χ1v) is 5.77. The number of hydrogen-bond donors (Lipinski definition) is 1. The number of oxime groups is 1. The molecule has 0 aromatic heterocycles. The summed E-state index contributed by atoms with van der Waals surface area (Å²) in [5, 5.41) is 12.5. The maximum Gasteiger partial charge on any atom is 0.277 e. The van der Waals surface area contributed by atoms with Gasteiger partial charge >= 0.3 is 0 Å². The molecule has 0 fully saturated rings. The molecule has 21 heavy (non-hydrogen) atoms. The summed E-state index contributed by atoms with van der Waals surface area (Å²) in [4.78, 5) is 21.6. The first-order valence-electron chi connectivity index (χ1n) is 5.77. The molecule has 0 radical (unpaired) electrons. The fourth-order valence-electron chi connectivity index (χ4n) is 1.66. The van der Waals surface area contributed by atoms with Gasteiger partial charge in [0.1, 0.15) is 19.0 Å². The molecule has 0 bridgehead atoms. The molecule has 1 aromatic carbocycles. The molecule has 0 saturated carbocycles. The lowest BCUT2D eigenvalue weighted by Gasteiger charge is -2.06. The predicted molar refractivity (Wildman–Crippen MR) is 71.7 cm³/mol. The van der Waals surface area contributed by atoms with Crippen molar-refractivity contribution in [3.05, 3.63) is 35.0 Å². The van der Waals surface area contributed by atoms with Crippen LogP contribution in [0.2, 0.25) is 0 Å². The van der Waals surface area contributed by atoms with Gasteiger partial charge in [-0.25, -0.2) is 13.8 Å². The number of carbonyl (C=O) groups is 1. The van der Waals surface area contributed by atoms with E-state index in [-0.39, 0.29) is 17.1 Å². The minimum atomic E-state index is -1.12. The van der Waals surface area contributed by atoms with Gasteiger partial charge in [-0.1, -0.05) is 5.16 Å². The lowest BCUT2D eigenvalue weighted by atomic mass is 10.1. The van der Waals surface area contributed by atoms with Crippen molar-refractivity contribution in [3.63, 3.8) is 0 Å². The third-order valence-corrected chi connectivity index (χ3v) is 2.72. The van der Waals surface area contributed by atoms with Crippen LogP contribution in [0, 0.1) is 11.6 Å². The largest absolute Gasteiger partial charge is 0.503 e. The Balaban J connectivity index is 2.39. The number of rotatable bonds is 3. The molecule has 1 heterocycles. The van der Waals surface area contributed by atoms with E-state index in [1.165, 1.54) is 31.3 Å². The smallest absolute Gasteiger partial charge is 0.277 e. The number of halogens is 2. The van der Waals surface area contributed by atoms with Gasteiger partial charge in [-0.05, 0) is 23.8 Å². The molecule has 2 rings (SSSR count). The van der Waals surface area contributed by atoms with Gasteiger partial charge in [0.05, 0.1) is 0 Å². The lowest BCUT2D eigenvalue weighted by molar-refractivity contribution is -0.121. The summed E-state index contributed by atoms with van der Waals surface area (Å²) in [7, 11) is 2.81. The average molecular weight is 295 g/mol. The summed E-state index contributed by atoms with van der Waals surface area (Å²) in [6.45, 7) is 0. The molecular weight excluding hydrogens is 284 g/mol. The Kier molecular flexibility index (Phi) is 3.97. The van der Waals surface area contributed by atoms with Gasteiger partial charge in [0.25, 0.3) is 5.91 Å². The Hall–Kier alpha value is -2.77. The quantitative estimate of drug-likeness (QED) is 0.522. The van der Waals surface area contributed by atoms with Crippen LogP contribution in [0.15, 0.2) is 28.0 Å². The average Bonchev–Trinajstić information content (AvgIpc) is 2.70.